The molecule has 25 heavy (non-hydrogen) atoms. The van der Waals surface area contributed by atoms with Crippen LogP contribution in [0.3, 0.4) is 0 Å². The largest absolute Gasteiger partial charge is 0.297 e. The first kappa shape index (κ1) is 16.9. The third kappa shape index (κ3) is 4.00. The van der Waals surface area contributed by atoms with Gasteiger partial charge in [-0.1, -0.05) is 6.07 Å². The molecular formula is C18H22N4OS2. The minimum atomic E-state index is 0.0264. The molecule has 1 aliphatic heterocycles. The average molecular weight is 375 g/mol. The lowest BCUT2D eigenvalue weighted by atomic mass is 10.3. The fraction of sp³-hybridized carbons (Fsp3) is 0.444. The number of rotatable bonds is 4. The Hall–Kier alpha value is -1.54. The summed E-state index contributed by atoms with van der Waals surface area (Å²) >= 11 is 3.41. The second kappa shape index (κ2) is 7.37. The van der Waals surface area contributed by atoms with Crippen LogP contribution in [0.1, 0.15) is 21.9 Å². The predicted molar refractivity (Wildman–Crippen MR) is 104 cm³/mol. The second-order valence-electron chi connectivity index (χ2n) is 6.57. The molecule has 4 rings (SSSR count). The van der Waals surface area contributed by atoms with Crippen LogP contribution in [0.15, 0.2) is 34.6 Å². The maximum atomic E-state index is 12.3. The smallest absolute Gasteiger partial charge is 0.258 e. The number of hydrogen-bond donors (Lipinski definition) is 0. The number of nitrogens with zero attached hydrogens (tertiary/aromatic N) is 4. The first-order chi connectivity index (χ1) is 12.2. The van der Waals surface area contributed by atoms with Crippen LogP contribution in [0.2, 0.25) is 0 Å². The van der Waals surface area contributed by atoms with Crippen LogP contribution in [0.25, 0.3) is 4.96 Å². The van der Waals surface area contributed by atoms with Crippen molar-refractivity contribution in [2.75, 3.05) is 26.2 Å². The van der Waals surface area contributed by atoms with Crippen molar-refractivity contribution in [3.8, 4) is 0 Å². The summed E-state index contributed by atoms with van der Waals surface area (Å²) in [6.07, 6.45) is 3.03. The third-order valence-electron chi connectivity index (χ3n) is 4.56. The van der Waals surface area contributed by atoms with E-state index in [0.717, 1.165) is 61.2 Å². The van der Waals surface area contributed by atoms with E-state index in [-0.39, 0.29) is 5.56 Å². The molecule has 0 radical (unpaired) electrons. The molecule has 0 N–H and O–H groups in total. The van der Waals surface area contributed by atoms with Crippen molar-refractivity contribution < 1.29 is 0 Å². The molecule has 0 saturated carbocycles. The van der Waals surface area contributed by atoms with Crippen LogP contribution < -0.4 is 5.56 Å². The van der Waals surface area contributed by atoms with Gasteiger partial charge in [0.05, 0.1) is 5.69 Å². The molecule has 3 aromatic rings. The predicted octanol–water partition coefficient (Wildman–Crippen LogP) is 2.83. The maximum Gasteiger partial charge on any atom is 0.258 e. The van der Waals surface area contributed by atoms with E-state index < -0.39 is 0 Å². The minimum Gasteiger partial charge on any atom is -0.297 e. The highest BCUT2D eigenvalue weighted by Gasteiger charge is 2.16. The van der Waals surface area contributed by atoms with Crippen molar-refractivity contribution in [1.29, 1.82) is 0 Å². The lowest BCUT2D eigenvalue weighted by Crippen LogP contribution is -2.30. The summed E-state index contributed by atoms with van der Waals surface area (Å²) in [4.78, 5) is 25.2. The maximum absolute atomic E-state index is 12.3. The van der Waals surface area contributed by atoms with Gasteiger partial charge in [0.15, 0.2) is 4.96 Å². The Morgan fingerprint density at radius 2 is 1.96 bits per heavy atom. The molecule has 0 atom stereocenters. The molecule has 0 aliphatic carbocycles. The minimum absolute atomic E-state index is 0.0264. The van der Waals surface area contributed by atoms with E-state index in [1.807, 2.05) is 24.5 Å². The molecule has 3 aromatic heterocycles. The fourth-order valence-corrected chi connectivity index (χ4v) is 4.93. The Morgan fingerprint density at radius 1 is 1.16 bits per heavy atom. The summed E-state index contributed by atoms with van der Waals surface area (Å²) in [5.74, 6) is 0. The first-order valence-electron chi connectivity index (χ1n) is 8.63. The van der Waals surface area contributed by atoms with Gasteiger partial charge in [0.2, 0.25) is 0 Å². The van der Waals surface area contributed by atoms with Gasteiger partial charge < -0.3 is 0 Å². The highest BCUT2D eigenvalue weighted by atomic mass is 32.1. The number of aryl methyl sites for hydroxylation is 1. The summed E-state index contributed by atoms with van der Waals surface area (Å²) < 4.78 is 1.65. The van der Waals surface area contributed by atoms with Crippen molar-refractivity contribution in [1.82, 2.24) is 19.2 Å². The van der Waals surface area contributed by atoms with E-state index in [1.54, 1.807) is 21.8 Å². The Kier molecular flexibility index (Phi) is 4.98. The molecule has 7 heteroatoms. The van der Waals surface area contributed by atoms with Gasteiger partial charge in [0.1, 0.15) is 0 Å². The van der Waals surface area contributed by atoms with E-state index in [9.17, 15) is 4.79 Å². The van der Waals surface area contributed by atoms with E-state index >= 15 is 0 Å². The molecule has 0 amide bonds. The van der Waals surface area contributed by atoms with Gasteiger partial charge in [0.25, 0.3) is 5.56 Å². The van der Waals surface area contributed by atoms with Gasteiger partial charge in [-0.25, -0.2) is 4.98 Å². The van der Waals surface area contributed by atoms with Crippen molar-refractivity contribution >= 4 is 27.6 Å². The summed E-state index contributed by atoms with van der Waals surface area (Å²) in [5, 5.41) is 2.14. The van der Waals surface area contributed by atoms with Crippen LogP contribution in [0.4, 0.5) is 0 Å². The Labute approximate surface area is 155 Å². The first-order valence-corrected chi connectivity index (χ1v) is 10.3. The molecule has 0 bridgehead atoms. The number of thiazole rings is 1. The van der Waals surface area contributed by atoms with Crippen LogP contribution in [-0.2, 0) is 13.1 Å². The number of aromatic nitrogens is 2. The van der Waals surface area contributed by atoms with Crippen LogP contribution in [-0.4, -0.2) is 45.4 Å². The van der Waals surface area contributed by atoms with Crippen molar-refractivity contribution in [3.05, 3.63) is 55.6 Å². The van der Waals surface area contributed by atoms with Gasteiger partial charge in [-0.15, -0.1) is 22.7 Å². The zero-order valence-electron chi connectivity index (χ0n) is 14.4. The molecular weight excluding hydrogens is 352 g/mol. The van der Waals surface area contributed by atoms with Gasteiger partial charge in [-0.2, -0.15) is 0 Å². The number of thiophene rings is 1. The van der Waals surface area contributed by atoms with Gasteiger partial charge >= 0.3 is 0 Å². The summed E-state index contributed by atoms with van der Waals surface area (Å²) in [7, 11) is 0. The molecule has 1 fully saturated rings. The monoisotopic (exact) mass is 374 g/mol. The Bertz CT molecular complexity index is 900. The van der Waals surface area contributed by atoms with E-state index in [4.69, 9.17) is 0 Å². The number of hydrogen-bond acceptors (Lipinski definition) is 6. The topological polar surface area (TPSA) is 40.9 Å². The second-order valence-corrected chi connectivity index (χ2v) is 8.81. The van der Waals surface area contributed by atoms with Gasteiger partial charge in [0, 0.05) is 48.2 Å². The van der Waals surface area contributed by atoms with E-state index in [2.05, 4.69) is 32.3 Å². The lowest BCUT2D eigenvalue weighted by molar-refractivity contribution is 0.246. The quantitative estimate of drug-likeness (QED) is 0.704. The molecule has 132 valence electrons. The summed E-state index contributed by atoms with van der Waals surface area (Å²) in [6, 6.07) is 6.02. The zero-order chi connectivity index (χ0) is 17.2. The molecule has 5 nitrogen and oxygen atoms in total. The molecule has 1 aliphatic rings. The van der Waals surface area contributed by atoms with Crippen LogP contribution in [0.5, 0.6) is 0 Å². The molecule has 0 unspecified atom stereocenters. The summed E-state index contributed by atoms with van der Waals surface area (Å²) in [6.45, 7) is 8.10. The molecule has 1 saturated heterocycles. The van der Waals surface area contributed by atoms with E-state index in [0.29, 0.717) is 0 Å². The van der Waals surface area contributed by atoms with Gasteiger partial charge in [-0.3, -0.25) is 19.0 Å². The van der Waals surface area contributed by atoms with Gasteiger partial charge in [-0.05, 0) is 37.9 Å². The Balaban J connectivity index is 1.42. The molecule has 0 spiro atoms. The van der Waals surface area contributed by atoms with Crippen molar-refractivity contribution in [2.45, 2.75) is 26.4 Å². The normalized spacial score (nSPS) is 17.2. The fourth-order valence-electron chi connectivity index (χ4n) is 3.33. The van der Waals surface area contributed by atoms with Crippen LogP contribution >= 0.6 is 22.7 Å². The third-order valence-corrected chi connectivity index (χ3v) is 6.32. The zero-order valence-corrected chi connectivity index (χ0v) is 16.0. The van der Waals surface area contributed by atoms with Crippen molar-refractivity contribution in [3.63, 3.8) is 0 Å². The Morgan fingerprint density at radius 3 is 2.72 bits per heavy atom. The number of fused-ring (bicyclic) bond motifs is 1. The average Bonchev–Trinajstić information content (AvgIpc) is 3.15. The highest BCUT2D eigenvalue weighted by Crippen LogP contribution is 2.16. The molecule has 0 aromatic carbocycles. The van der Waals surface area contributed by atoms with Crippen LogP contribution in [0, 0.1) is 6.92 Å². The lowest BCUT2D eigenvalue weighted by Gasteiger charge is -2.21. The van der Waals surface area contributed by atoms with Crippen molar-refractivity contribution in [2.24, 2.45) is 0 Å². The standard InChI is InChI=1S/C18H22N4OS2/c1-14-11-22-17(23)10-15(19-18(22)25-14)12-20-5-3-6-21(8-7-20)13-16-4-2-9-24-16/h2,4,9-11H,3,5-8,12-13H2,1H3. The highest BCUT2D eigenvalue weighted by molar-refractivity contribution is 7.16. The SMILES string of the molecule is Cc1cn2c(=O)cc(CN3CCCN(Cc4cccs4)CC3)nc2s1. The summed E-state index contributed by atoms with van der Waals surface area (Å²) in [5.41, 5.74) is 0.914. The van der Waals surface area contributed by atoms with E-state index in [1.165, 1.54) is 4.88 Å². The molecule has 4 heterocycles.